The van der Waals surface area contributed by atoms with E-state index < -0.39 is 10.0 Å². The van der Waals surface area contributed by atoms with Gasteiger partial charge in [-0.15, -0.1) is 0 Å². The highest BCUT2D eigenvalue weighted by molar-refractivity contribution is 7.89. The zero-order chi connectivity index (χ0) is 14.1. The normalized spacial score (nSPS) is 13.3. The van der Waals surface area contributed by atoms with E-state index in [1.54, 1.807) is 7.05 Å². The SMILES string of the molecule is CON(CC(C)(C)C)S(=O)(=O)c1ncn(C)c1Cl. The van der Waals surface area contributed by atoms with E-state index in [1.165, 1.54) is 18.0 Å². The highest BCUT2D eigenvalue weighted by atomic mass is 35.5. The monoisotopic (exact) mass is 295 g/mol. The molecule has 8 heteroatoms. The number of aryl methyl sites for hydroxylation is 1. The minimum atomic E-state index is -3.85. The first-order valence-corrected chi connectivity index (χ1v) is 7.15. The molecule has 1 rings (SSSR count). The number of hydrogen-bond acceptors (Lipinski definition) is 4. The van der Waals surface area contributed by atoms with Gasteiger partial charge in [0.15, 0.2) is 0 Å². The summed E-state index contributed by atoms with van der Waals surface area (Å²) in [6.07, 6.45) is 1.35. The van der Waals surface area contributed by atoms with Crippen molar-refractivity contribution in [2.75, 3.05) is 13.7 Å². The number of nitrogens with zero attached hydrogens (tertiary/aromatic N) is 3. The van der Waals surface area contributed by atoms with E-state index in [0.29, 0.717) is 0 Å². The minimum absolute atomic E-state index is 0.0611. The Hall–Kier alpha value is -0.630. The van der Waals surface area contributed by atoms with Gasteiger partial charge in [0.05, 0.1) is 13.4 Å². The quantitative estimate of drug-likeness (QED) is 0.793. The molecule has 0 bridgehead atoms. The van der Waals surface area contributed by atoms with Crippen LogP contribution in [0.3, 0.4) is 0 Å². The van der Waals surface area contributed by atoms with Crippen LogP contribution in [0.15, 0.2) is 11.4 Å². The van der Waals surface area contributed by atoms with E-state index in [1.807, 2.05) is 20.8 Å². The molecule has 0 radical (unpaired) electrons. The summed E-state index contributed by atoms with van der Waals surface area (Å²) in [5.74, 6) is 0. The number of halogens is 1. The van der Waals surface area contributed by atoms with Crippen molar-refractivity contribution in [3.8, 4) is 0 Å². The van der Waals surface area contributed by atoms with E-state index in [2.05, 4.69) is 4.98 Å². The molecule has 0 aliphatic heterocycles. The van der Waals surface area contributed by atoms with Crippen LogP contribution in [0.25, 0.3) is 0 Å². The molecule has 0 aromatic carbocycles. The van der Waals surface area contributed by atoms with Crippen LogP contribution in [-0.4, -0.2) is 36.1 Å². The van der Waals surface area contributed by atoms with Crippen molar-refractivity contribution in [2.24, 2.45) is 12.5 Å². The van der Waals surface area contributed by atoms with Crippen LogP contribution >= 0.6 is 11.6 Å². The molecule has 0 unspecified atom stereocenters. The average molecular weight is 296 g/mol. The fourth-order valence-electron chi connectivity index (χ4n) is 1.30. The van der Waals surface area contributed by atoms with E-state index in [9.17, 15) is 8.42 Å². The number of hydroxylamine groups is 1. The van der Waals surface area contributed by atoms with E-state index in [-0.39, 0.29) is 22.1 Å². The highest BCUT2D eigenvalue weighted by Gasteiger charge is 2.33. The van der Waals surface area contributed by atoms with Gasteiger partial charge < -0.3 is 4.57 Å². The van der Waals surface area contributed by atoms with Gasteiger partial charge in [-0.2, -0.15) is 0 Å². The average Bonchev–Trinajstić information content (AvgIpc) is 2.55. The first-order chi connectivity index (χ1) is 8.09. The molecule has 0 spiro atoms. The Labute approximate surface area is 113 Å². The Morgan fingerprint density at radius 3 is 2.39 bits per heavy atom. The van der Waals surface area contributed by atoms with Crippen LogP contribution in [0, 0.1) is 5.41 Å². The zero-order valence-corrected chi connectivity index (χ0v) is 12.7. The molecule has 0 saturated carbocycles. The lowest BCUT2D eigenvalue weighted by atomic mass is 9.98. The van der Waals surface area contributed by atoms with Crippen molar-refractivity contribution in [2.45, 2.75) is 25.8 Å². The zero-order valence-electron chi connectivity index (χ0n) is 11.1. The predicted octanol–water partition coefficient (Wildman–Crippen LogP) is 1.67. The van der Waals surface area contributed by atoms with Crippen LogP contribution in [0.2, 0.25) is 5.15 Å². The third-order valence-corrected chi connectivity index (χ3v) is 4.31. The van der Waals surface area contributed by atoms with Gasteiger partial charge >= 0.3 is 0 Å². The molecule has 18 heavy (non-hydrogen) atoms. The Morgan fingerprint density at radius 2 is 2.06 bits per heavy atom. The van der Waals surface area contributed by atoms with Crippen molar-refractivity contribution < 1.29 is 13.3 Å². The topological polar surface area (TPSA) is 64.4 Å². The predicted molar refractivity (Wildman–Crippen MR) is 68.6 cm³/mol. The van der Waals surface area contributed by atoms with Crippen LogP contribution in [0.5, 0.6) is 0 Å². The summed E-state index contributed by atoms with van der Waals surface area (Å²) in [5.41, 5.74) is -0.246. The number of imidazole rings is 1. The Balaban J connectivity index is 3.16. The van der Waals surface area contributed by atoms with E-state index in [4.69, 9.17) is 16.4 Å². The van der Waals surface area contributed by atoms with Crippen molar-refractivity contribution in [1.29, 1.82) is 0 Å². The molecule has 0 amide bonds. The third kappa shape index (κ3) is 3.23. The van der Waals surface area contributed by atoms with Crippen LogP contribution in [0.4, 0.5) is 0 Å². The molecule has 0 N–H and O–H groups in total. The molecule has 1 heterocycles. The third-order valence-electron chi connectivity index (χ3n) is 2.15. The van der Waals surface area contributed by atoms with Crippen LogP contribution in [0.1, 0.15) is 20.8 Å². The number of hydrogen-bond donors (Lipinski definition) is 0. The number of rotatable bonds is 4. The van der Waals surface area contributed by atoms with Gasteiger partial charge in [0.1, 0.15) is 5.15 Å². The molecule has 6 nitrogen and oxygen atoms in total. The van der Waals surface area contributed by atoms with E-state index >= 15 is 0 Å². The molecule has 1 aromatic heterocycles. The summed E-state index contributed by atoms with van der Waals surface area (Å²) in [6.45, 7) is 5.94. The van der Waals surface area contributed by atoms with Gasteiger partial charge in [-0.25, -0.2) is 13.4 Å². The van der Waals surface area contributed by atoms with Crippen molar-refractivity contribution in [1.82, 2.24) is 14.0 Å². The maximum absolute atomic E-state index is 12.3. The second kappa shape index (κ2) is 5.16. The standard InChI is InChI=1S/C10H18ClN3O3S/c1-10(2,3)6-14(17-5)18(15,16)9-8(11)13(4)7-12-9/h7H,6H2,1-5H3. The molecule has 0 aliphatic carbocycles. The Morgan fingerprint density at radius 1 is 1.50 bits per heavy atom. The summed E-state index contributed by atoms with van der Waals surface area (Å²) in [6, 6.07) is 0. The second-order valence-electron chi connectivity index (χ2n) is 5.16. The maximum atomic E-state index is 12.3. The summed E-state index contributed by atoms with van der Waals surface area (Å²) >= 11 is 5.90. The van der Waals surface area contributed by atoms with Crippen molar-refractivity contribution in [3.63, 3.8) is 0 Å². The van der Waals surface area contributed by atoms with Gasteiger partial charge in [-0.05, 0) is 5.41 Å². The first kappa shape index (κ1) is 15.4. The molecule has 0 aliphatic rings. The first-order valence-electron chi connectivity index (χ1n) is 5.33. The van der Waals surface area contributed by atoms with Gasteiger partial charge in [-0.1, -0.05) is 36.8 Å². The lowest BCUT2D eigenvalue weighted by Crippen LogP contribution is -2.37. The van der Waals surface area contributed by atoms with E-state index in [0.717, 1.165) is 4.47 Å². The van der Waals surface area contributed by atoms with Crippen molar-refractivity contribution in [3.05, 3.63) is 11.5 Å². The fourth-order valence-corrected chi connectivity index (χ4v) is 3.17. The largest absolute Gasteiger partial charge is 0.324 e. The van der Waals surface area contributed by atoms with Crippen LogP contribution in [-0.2, 0) is 21.9 Å². The lowest BCUT2D eigenvalue weighted by molar-refractivity contribution is -0.0674. The van der Waals surface area contributed by atoms with Crippen LogP contribution < -0.4 is 0 Å². The Kier molecular flexibility index (Phi) is 4.42. The lowest BCUT2D eigenvalue weighted by Gasteiger charge is -2.26. The highest BCUT2D eigenvalue weighted by Crippen LogP contribution is 2.25. The van der Waals surface area contributed by atoms with Gasteiger partial charge in [0.2, 0.25) is 5.03 Å². The summed E-state index contributed by atoms with van der Waals surface area (Å²) in [7, 11) is -0.921. The smallest absolute Gasteiger partial charge is 0.285 e. The number of sulfonamides is 1. The minimum Gasteiger partial charge on any atom is -0.324 e. The molecular weight excluding hydrogens is 278 g/mol. The van der Waals surface area contributed by atoms with Crippen molar-refractivity contribution >= 4 is 21.6 Å². The molecule has 0 atom stereocenters. The van der Waals surface area contributed by atoms with Gasteiger partial charge in [0.25, 0.3) is 10.0 Å². The summed E-state index contributed by atoms with van der Waals surface area (Å²) in [5, 5.41) is -0.135. The molecular formula is C10H18ClN3O3S. The Bertz CT molecular complexity index is 519. The number of aromatic nitrogens is 2. The summed E-state index contributed by atoms with van der Waals surface area (Å²) in [4.78, 5) is 8.75. The van der Waals surface area contributed by atoms with Gasteiger partial charge in [0, 0.05) is 13.6 Å². The fraction of sp³-hybridized carbons (Fsp3) is 0.700. The maximum Gasteiger partial charge on any atom is 0.285 e. The molecule has 1 aromatic rings. The molecule has 104 valence electrons. The second-order valence-corrected chi connectivity index (χ2v) is 7.26. The molecule has 0 fully saturated rings. The van der Waals surface area contributed by atoms with Gasteiger partial charge in [-0.3, -0.25) is 4.84 Å². The molecule has 0 saturated heterocycles. The summed E-state index contributed by atoms with van der Waals surface area (Å²) < 4.78 is 27.0.